The summed E-state index contributed by atoms with van der Waals surface area (Å²) in [5, 5.41) is 8.75. The average Bonchev–Trinajstić information content (AvgIpc) is 2.01. The monoisotopic (exact) mass is 241 g/mol. The molecule has 0 aromatic carbocycles. The van der Waals surface area contributed by atoms with Crippen LogP contribution in [0.4, 0.5) is 0 Å². The van der Waals surface area contributed by atoms with Crippen molar-refractivity contribution >= 4 is 26.1 Å². The zero-order valence-electron chi connectivity index (χ0n) is 6.42. The molecule has 1 aromatic rings. The van der Waals surface area contributed by atoms with E-state index in [1.54, 1.807) is 0 Å². The Labute approximate surface area is 77.1 Å². The third-order valence-electron chi connectivity index (χ3n) is 1.15. The highest BCUT2D eigenvalue weighted by Crippen LogP contribution is 2.34. The van der Waals surface area contributed by atoms with Gasteiger partial charge in [0, 0.05) is 6.07 Å². The van der Waals surface area contributed by atoms with E-state index in [9.17, 15) is 9.13 Å². The van der Waals surface area contributed by atoms with Gasteiger partial charge in [-0.15, -0.1) is 10.2 Å². The van der Waals surface area contributed by atoms with Crippen LogP contribution in [0.25, 0.3) is 0 Å². The number of aromatic nitrogens is 3. The van der Waals surface area contributed by atoms with Crippen LogP contribution < -0.4 is 10.9 Å². The second-order valence-corrected chi connectivity index (χ2v) is 5.33. The topological polar surface area (TPSA) is 154 Å². The molecular formula is C3H5N3O6P2. The quantitative estimate of drug-likeness (QED) is 0.410. The molecule has 0 atom stereocenters. The number of hydrogen-bond acceptors (Lipinski definition) is 5. The van der Waals surface area contributed by atoms with E-state index < -0.39 is 26.1 Å². The fraction of sp³-hybridized carbons (Fsp3) is 0. The molecule has 0 fully saturated rings. The van der Waals surface area contributed by atoms with Gasteiger partial charge in [0.1, 0.15) is 0 Å². The summed E-state index contributed by atoms with van der Waals surface area (Å²) in [5.74, 6) is 0. The molecule has 1 aromatic heterocycles. The summed E-state index contributed by atoms with van der Waals surface area (Å²) in [6.45, 7) is 0. The van der Waals surface area contributed by atoms with Gasteiger partial charge in [-0.2, -0.15) is 0 Å². The minimum Gasteiger partial charge on any atom is -0.320 e. The molecule has 1 heterocycles. The van der Waals surface area contributed by atoms with Crippen LogP contribution in [-0.4, -0.2) is 35.0 Å². The van der Waals surface area contributed by atoms with Gasteiger partial charge in [0.25, 0.3) is 0 Å². The molecule has 14 heavy (non-hydrogen) atoms. The first-order chi connectivity index (χ1) is 6.21. The Kier molecular flexibility index (Phi) is 2.82. The van der Waals surface area contributed by atoms with Crippen LogP contribution in [0.2, 0.25) is 0 Å². The van der Waals surface area contributed by atoms with E-state index in [-0.39, 0.29) is 0 Å². The zero-order chi connectivity index (χ0) is 11.0. The van der Waals surface area contributed by atoms with Gasteiger partial charge < -0.3 is 19.6 Å². The Morgan fingerprint density at radius 3 is 1.57 bits per heavy atom. The van der Waals surface area contributed by atoms with Crippen molar-refractivity contribution in [3.05, 3.63) is 6.07 Å². The molecule has 0 aliphatic carbocycles. The fourth-order valence-corrected chi connectivity index (χ4v) is 1.57. The third-order valence-corrected chi connectivity index (χ3v) is 2.78. The van der Waals surface area contributed by atoms with E-state index in [1.165, 1.54) is 0 Å². The lowest BCUT2D eigenvalue weighted by Gasteiger charge is -2.04. The van der Waals surface area contributed by atoms with Crippen LogP contribution in [0.1, 0.15) is 0 Å². The fourth-order valence-electron chi connectivity index (χ4n) is 0.572. The first kappa shape index (κ1) is 11.4. The summed E-state index contributed by atoms with van der Waals surface area (Å²) in [5.41, 5.74) is -1.66. The van der Waals surface area contributed by atoms with Gasteiger partial charge in [-0.05, 0) is 5.21 Å². The van der Waals surface area contributed by atoms with E-state index in [0.29, 0.717) is 6.07 Å². The normalized spacial score (nSPS) is 12.9. The number of nitrogens with zero attached hydrogens (tertiary/aromatic N) is 3. The van der Waals surface area contributed by atoms with Crippen molar-refractivity contribution in [2.45, 2.75) is 0 Å². The largest absolute Gasteiger partial charge is 0.376 e. The van der Waals surface area contributed by atoms with Crippen molar-refractivity contribution in [3.63, 3.8) is 0 Å². The van der Waals surface area contributed by atoms with Crippen molar-refractivity contribution in [3.8, 4) is 0 Å². The first-order valence-electron chi connectivity index (χ1n) is 3.04. The summed E-state index contributed by atoms with van der Waals surface area (Å²) in [6, 6.07) is 0.522. The Hall–Kier alpha value is -0.690. The Bertz CT molecular complexity index is 398. The minimum atomic E-state index is -4.67. The zero-order valence-corrected chi connectivity index (χ0v) is 8.21. The highest BCUT2D eigenvalue weighted by molar-refractivity contribution is 7.61. The van der Waals surface area contributed by atoms with Crippen molar-refractivity contribution < 1.29 is 28.7 Å². The van der Waals surface area contributed by atoms with E-state index in [0.717, 1.165) is 0 Å². The molecular weight excluding hydrogens is 236 g/mol. The van der Waals surface area contributed by atoms with Gasteiger partial charge in [0.05, 0.1) is 0 Å². The molecule has 1 rings (SSSR count). The van der Waals surface area contributed by atoms with Crippen LogP contribution in [0.3, 0.4) is 0 Å². The summed E-state index contributed by atoms with van der Waals surface area (Å²) in [4.78, 5) is 34.4. The maximum Gasteiger partial charge on any atom is 0.376 e. The predicted octanol–water partition coefficient (Wildman–Crippen LogP) is -2.52. The van der Waals surface area contributed by atoms with Gasteiger partial charge in [-0.3, -0.25) is 9.13 Å². The summed E-state index contributed by atoms with van der Waals surface area (Å²) in [7, 11) is -9.34. The maximum atomic E-state index is 10.6. The van der Waals surface area contributed by atoms with Gasteiger partial charge in [-0.1, -0.05) is 0 Å². The number of rotatable bonds is 2. The Morgan fingerprint density at radius 2 is 1.29 bits per heavy atom. The smallest absolute Gasteiger partial charge is 0.320 e. The lowest BCUT2D eigenvalue weighted by Crippen LogP contribution is -2.22. The molecule has 0 spiro atoms. The summed E-state index contributed by atoms with van der Waals surface area (Å²) in [6.07, 6.45) is 0. The molecule has 0 saturated heterocycles. The molecule has 0 amide bonds. The van der Waals surface area contributed by atoms with E-state index >= 15 is 0 Å². The molecule has 0 saturated carbocycles. The average molecular weight is 241 g/mol. The first-order valence-corrected chi connectivity index (χ1v) is 6.26. The van der Waals surface area contributed by atoms with E-state index in [4.69, 9.17) is 19.6 Å². The van der Waals surface area contributed by atoms with Crippen LogP contribution in [0.15, 0.2) is 6.07 Å². The maximum absolute atomic E-state index is 10.6. The van der Waals surface area contributed by atoms with Crippen molar-refractivity contribution in [1.82, 2.24) is 15.4 Å². The summed E-state index contributed by atoms with van der Waals surface area (Å²) >= 11 is 0. The third kappa shape index (κ3) is 2.65. The standard InChI is InChI=1S/C3H5N3O6P2/c7-13(8,9)2-1-3(5-6-4-2)14(10,11)12/h1H,(H2,7,8,9)(H2,10,11,12). The Morgan fingerprint density at radius 1 is 0.929 bits per heavy atom. The molecule has 0 unspecified atom stereocenters. The lowest BCUT2D eigenvalue weighted by molar-refractivity contribution is 0.385. The van der Waals surface area contributed by atoms with Gasteiger partial charge >= 0.3 is 15.2 Å². The highest BCUT2D eigenvalue weighted by atomic mass is 31.2. The van der Waals surface area contributed by atoms with E-state index in [2.05, 4.69) is 15.4 Å². The SMILES string of the molecule is O=P(O)(O)c1cc(P(=O)(O)O)nnn1. The van der Waals surface area contributed by atoms with Crippen molar-refractivity contribution in [1.29, 1.82) is 0 Å². The van der Waals surface area contributed by atoms with Crippen LogP contribution in [0.5, 0.6) is 0 Å². The molecule has 0 radical (unpaired) electrons. The molecule has 0 aliphatic rings. The van der Waals surface area contributed by atoms with Crippen LogP contribution >= 0.6 is 15.2 Å². The summed E-state index contributed by atoms with van der Waals surface area (Å²) < 4.78 is 21.2. The van der Waals surface area contributed by atoms with Crippen LogP contribution in [0, 0.1) is 0 Å². The highest BCUT2D eigenvalue weighted by Gasteiger charge is 2.26. The van der Waals surface area contributed by atoms with Gasteiger partial charge in [-0.25, -0.2) is 0 Å². The molecule has 0 aliphatic heterocycles. The minimum absolute atomic E-state index is 0.522. The molecule has 9 nitrogen and oxygen atoms in total. The molecule has 78 valence electrons. The number of hydrogen-bond donors (Lipinski definition) is 4. The van der Waals surface area contributed by atoms with E-state index in [1.807, 2.05) is 0 Å². The second kappa shape index (κ2) is 3.47. The molecule has 4 N–H and O–H groups in total. The lowest BCUT2D eigenvalue weighted by atomic mass is 10.7. The second-order valence-electron chi connectivity index (χ2n) is 2.24. The Balaban J connectivity index is 3.29. The molecule has 0 bridgehead atoms. The van der Waals surface area contributed by atoms with Crippen molar-refractivity contribution in [2.75, 3.05) is 0 Å². The van der Waals surface area contributed by atoms with Gasteiger partial charge in [0.2, 0.25) is 0 Å². The van der Waals surface area contributed by atoms with Gasteiger partial charge in [0.15, 0.2) is 10.9 Å². The van der Waals surface area contributed by atoms with Crippen LogP contribution in [-0.2, 0) is 9.13 Å². The van der Waals surface area contributed by atoms with Crippen molar-refractivity contribution in [2.24, 2.45) is 0 Å². The predicted molar refractivity (Wildman–Crippen MR) is 43.2 cm³/mol. The molecule has 11 heteroatoms.